The number of allylic oxidation sites excluding steroid dienone is 1. The Morgan fingerprint density at radius 1 is 0.741 bits per heavy atom. The molecule has 1 nitrogen and oxygen atoms in total. The lowest BCUT2D eigenvalue weighted by molar-refractivity contribution is 0.0276. The molecule has 0 atom stereocenters. The summed E-state index contributed by atoms with van der Waals surface area (Å²) in [6, 6.07) is 31.6. The lowest BCUT2D eigenvalue weighted by atomic mass is 9.80. The fourth-order valence-corrected chi connectivity index (χ4v) is 3.61. The van der Waals surface area contributed by atoms with Gasteiger partial charge in [0.15, 0.2) is 0 Å². The van der Waals surface area contributed by atoms with Crippen LogP contribution < -0.4 is 0 Å². The maximum Gasteiger partial charge on any atom is 0.144 e. The Morgan fingerprint density at radius 3 is 1.44 bits per heavy atom. The quantitative estimate of drug-likeness (QED) is 0.342. The molecule has 0 unspecified atom stereocenters. The second kappa shape index (κ2) is 8.83. The number of rotatable bonds is 7. The standard InChI is InChI=1S/C26H28O/c1-21(2)19-22(3)20-27-26(23-13-7-4-8-14-23,24-15-9-5-10-16-24)25-17-11-6-12-18-25/h4-19,21H,20H2,1-3H3/b22-19+. The van der Waals surface area contributed by atoms with Gasteiger partial charge in [-0.3, -0.25) is 0 Å². The number of ether oxygens (including phenoxy) is 1. The largest absolute Gasteiger partial charge is 0.357 e. The van der Waals surface area contributed by atoms with Gasteiger partial charge in [0.25, 0.3) is 0 Å². The molecular formula is C26H28O. The van der Waals surface area contributed by atoms with Crippen molar-refractivity contribution in [3.63, 3.8) is 0 Å². The van der Waals surface area contributed by atoms with E-state index in [9.17, 15) is 0 Å². The average Bonchev–Trinajstić information content (AvgIpc) is 2.70. The fourth-order valence-electron chi connectivity index (χ4n) is 3.61. The van der Waals surface area contributed by atoms with Crippen LogP contribution in [0.5, 0.6) is 0 Å². The zero-order chi connectivity index (χ0) is 19.1. The highest BCUT2D eigenvalue weighted by Crippen LogP contribution is 2.40. The lowest BCUT2D eigenvalue weighted by Crippen LogP contribution is -2.33. The van der Waals surface area contributed by atoms with Gasteiger partial charge >= 0.3 is 0 Å². The van der Waals surface area contributed by atoms with Crippen molar-refractivity contribution in [2.24, 2.45) is 5.92 Å². The molecule has 3 aromatic carbocycles. The molecule has 0 spiro atoms. The van der Waals surface area contributed by atoms with Crippen molar-refractivity contribution in [2.75, 3.05) is 6.61 Å². The molecule has 0 aromatic heterocycles. The average molecular weight is 357 g/mol. The van der Waals surface area contributed by atoms with Crippen molar-refractivity contribution in [1.82, 2.24) is 0 Å². The van der Waals surface area contributed by atoms with Crippen molar-refractivity contribution >= 4 is 0 Å². The van der Waals surface area contributed by atoms with Crippen molar-refractivity contribution in [3.8, 4) is 0 Å². The van der Waals surface area contributed by atoms with Gasteiger partial charge in [0, 0.05) is 0 Å². The molecule has 138 valence electrons. The minimum atomic E-state index is -0.643. The molecule has 1 heteroatoms. The summed E-state index contributed by atoms with van der Waals surface area (Å²) < 4.78 is 6.78. The summed E-state index contributed by atoms with van der Waals surface area (Å²) in [6.07, 6.45) is 2.27. The first kappa shape index (κ1) is 19.1. The second-order valence-corrected chi connectivity index (χ2v) is 7.32. The summed E-state index contributed by atoms with van der Waals surface area (Å²) in [7, 11) is 0. The molecule has 0 aliphatic heterocycles. The van der Waals surface area contributed by atoms with Gasteiger partial charge < -0.3 is 4.74 Å². The van der Waals surface area contributed by atoms with Crippen LogP contribution in [-0.2, 0) is 10.3 Å². The Balaban J connectivity index is 2.17. The van der Waals surface area contributed by atoms with Crippen LogP contribution in [0.3, 0.4) is 0 Å². The first-order valence-corrected chi connectivity index (χ1v) is 9.61. The summed E-state index contributed by atoms with van der Waals surface area (Å²) >= 11 is 0. The van der Waals surface area contributed by atoms with Gasteiger partial charge in [-0.2, -0.15) is 0 Å². The first-order valence-electron chi connectivity index (χ1n) is 9.61. The molecule has 3 rings (SSSR count). The van der Waals surface area contributed by atoms with E-state index in [1.165, 1.54) is 5.57 Å². The SMILES string of the molecule is C/C(=C\C(C)C)COC(c1ccccc1)(c1ccccc1)c1ccccc1. The minimum absolute atomic E-state index is 0.508. The van der Waals surface area contributed by atoms with Crippen LogP contribution in [0.25, 0.3) is 0 Å². The smallest absolute Gasteiger partial charge is 0.144 e. The van der Waals surface area contributed by atoms with Crippen LogP contribution in [0.1, 0.15) is 37.5 Å². The maximum atomic E-state index is 6.78. The van der Waals surface area contributed by atoms with Crippen LogP contribution in [0.2, 0.25) is 0 Å². The lowest BCUT2D eigenvalue weighted by Gasteiger charge is -2.36. The molecule has 0 N–H and O–H groups in total. The highest BCUT2D eigenvalue weighted by atomic mass is 16.5. The normalized spacial score (nSPS) is 12.4. The Morgan fingerprint density at radius 2 is 1.11 bits per heavy atom. The van der Waals surface area contributed by atoms with Crippen LogP contribution in [0.4, 0.5) is 0 Å². The van der Waals surface area contributed by atoms with E-state index in [4.69, 9.17) is 4.74 Å². The van der Waals surface area contributed by atoms with E-state index in [0.29, 0.717) is 12.5 Å². The molecule has 0 radical (unpaired) electrons. The van der Waals surface area contributed by atoms with Crippen molar-refractivity contribution in [1.29, 1.82) is 0 Å². The molecular weight excluding hydrogens is 328 g/mol. The molecule has 3 aromatic rings. The topological polar surface area (TPSA) is 9.23 Å². The van der Waals surface area contributed by atoms with E-state index in [0.717, 1.165) is 16.7 Å². The predicted molar refractivity (Wildman–Crippen MR) is 114 cm³/mol. The van der Waals surface area contributed by atoms with E-state index in [1.54, 1.807) is 0 Å². The van der Waals surface area contributed by atoms with Gasteiger partial charge in [0.1, 0.15) is 5.60 Å². The van der Waals surface area contributed by atoms with Crippen LogP contribution in [-0.4, -0.2) is 6.61 Å². The number of hydrogen-bond donors (Lipinski definition) is 0. The molecule has 0 aliphatic rings. The molecule has 0 aliphatic carbocycles. The molecule has 0 saturated heterocycles. The van der Waals surface area contributed by atoms with Crippen LogP contribution in [0, 0.1) is 5.92 Å². The van der Waals surface area contributed by atoms with E-state index in [-0.39, 0.29) is 0 Å². The maximum absolute atomic E-state index is 6.78. The Bertz CT molecular complexity index is 752. The highest BCUT2D eigenvalue weighted by Gasteiger charge is 2.37. The van der Waals surface area contributed by atoms with Crippen LogP contribution >= 0.6 is 0 Å². The van der Waals surface area contributed by atoms with Crippen molar-refractivity contribution in [2.45, 2.75) is 26.4 Å². The van der Waals surface area contributed by atoms with Gasteiger partial charge in [-0.15, -0.1) is 0 Å². The summed E-state index contributed by atoms with van der Waals surface area (Å²) in [5.74, 6) is 0.508. The van der Waals surface area contributed by atoms with Crippen molar-refractivity contribution in [3.05, 3.63) is 119 Å². The van der Waals surface area contributed by atoms with Gasteiger partial charge in [-0.05, 0) is 29.5 Å². The number of benzene rings is 3. The summed E-state index contributed by atoms with van der Waals surface area (Å²) in [4.78, 5) is 0. The zero-order valence-electron chi connectivity index (χ0n) is 16.4. The molecule has 0 saturated carbocycles. The van der Waals surface area contributed by atoms with Gasteiger partial charge in [0.05, 0.1) is 6.61 Å². The van der Waals surface area contributed by atoms with Crippen molar-refractivity contribution < 1.29 is 4.74 Å². The highest BCUT2D eigenvalue weighted by molar-refractivity contribution is 5.47. The van der Waals surface area contributed by atoms with E-state index in [2.05, 4.69) is 99.6 Å². The van der Waals surface area contributed by atoms with Crippen LogP contribution in [0.15, 0.2) is 103 Å². The summed E-state index contributed by atoms with van der Waals surface area (Å²) in [5, 5.41) is 0. The Kier molecular flexibility index (Phi) is 6.26. The zero-order valence-corrected chi connectivity index (χ0v) is 16.4. The monoisotopic (exact) mass is 356 g/mol. The molecule has 0 amide bonds. The molecule has 27 heavy (non-hydrogen) atoms. The number of hydrogen-bond acceptors (Lipinski definition) is 1. The van der Waals surface area contributed by atoms with E-state index >= 15 is 0 Å². The first-order chi connectivity index (χ1) is 13.1. The summed E-state index contributed by atoms with van der Waals surface area (Å²) in [6.45, 7) is 7.12. The van der Waals surface area contributed by atoms with E-state index in [1.807, 2.05) is 18.2 Å². The fraction of sp³-hybridized carbons (Fsp3) is 0.231. The third kappa shape index (κ3) is 4.37. The minimum Gasteiger partial charge on any atom is -0.357 e. The third-order valence-corrected chi connectivity index (χ3v) is 4.68. The Labute approximate surface area is 163 Å². The molecule has 0 bridgehead atoms. The van der Waals surface area contributed by atoms with Gasteiger partial charge in [-0.1, -0.05) is 116 Å². The molecule has 0 heterocycles. The predicted octanol–water partition coefficient (Wildman–Crippen LogP) is 6.60. The summed E-state index contributed by atoms with van der Waals surface area (Å²) in [5.41, 5.74) is 4.02. The second-order valence-electron chi connectivity index (χ2n) is 7.32. The third-order valence-electron chi connectivity index (χ3n) is 4.68. The van der Waals surface area contributed by atoms with Gasteiger partial charge in [-0.25, -0.2) is 0 Å². The molecule has 0 fully saturated rings. The van der Waals surface area contributed by atoms with Gasteiger partial charge in [0.2, 0.25) is 0 Å². The Hall–Kier alpha value is -2.64. The van der Waals surface area contributed by atoms with E-state index < -0.39 is 5.60 Å².